The van der Waals surface area contributed by atoms with Crippen LogP contribution in [-0.4, -0.2) is 5.17 Å². The van der Waals surface area contributed by atoms with Gasteiger partial charge < -0.3 is 5.73 Å². The lowest BCUT2D eigenvalue weighted by molar-refractivity contribution is 1.03. The molecule has 1 unspecified atom stereocenters. The molecule has 0 aromatic heterocycles. The molecule has 0 saturated carbocycles. The molecular formula is C12H14N2S. The van der Waals surface area contributed by atoms with Crippen LogP contribution in [0.1, 0.15) is 24.2 Å². The normalized spacial score (nSPS) is 20.7. The first kappa shape index (κ1) is 10.3. The lowest BCUT2D eigenvalue weighted by Gasteiger charge is -2.17. The van der Waals surface area contributed by atoms with Crippen LogP contribution in [0.4, 0.5) is 0 Å². The number of hydrogen-bond acceptors (Lipinski definition) is 3. The molecule has 78 valence electrons. The van der Waals surface area contributed by atoms with Crippen LogP contribution in [0.5, 0.6) is 0 Å². The van der Waals surface area contributed by atoms with E-state index in [-0.39, 0.29) is 0 Å². The number of rotatable bonds is 2. The third kappa shape index (κ3) is 2.42. The predicted molar refractivity (Wildman–Crippen MR) is 66.8 cm³/mol. The Labute approximate surface area is 94.3 Å². The van der Waals surface area contributed by atoms with Crippen molar-refractivity contribution in [2.75, 3.05) is 0 Å². The zero-order valence-corrected chi connectivity index (χ0v) is 9.50. The van der Waals surface area contributed by atoms with Crippen molar-refractivity contribution >= 4 is 16.9 Å². The molecule has 0 saturated heterocycles. The zero-order valence-electron chi connectivity index (χ0n) is 8.68. The largest absolute Gasteiger partial charge is 0.378 e. The number of allylic oxidation sites excluding steroid dienone is 1. The average molecular weight is 218 g/mol. The van der Waals surface area contributed by atoms with Gasteiger partial charge in [0.25, 0.3) is 0 Å². The predicted octanol–water partition coefficient (Wildman–Crippen LogP) is 3.08. The monoisotopic (exact) mass is 218 g/mol. The number of nitrogens with two attached hydrogens (primary N) is 1. The maximum atomic E-state index is 5.80. The molecule has 0 fully saturated rings. The smallest absolute Gasteiger partial charge is 0.159 e. The Balaban J connectivity index is 2.26. The summed E-state index contributed by atoms with van der Waals surface area (Å²) in [5, 5.41) is 0.988. The lowest BCUT2D eigenvalue weighted by Crippen LogP contribution is -2.12. The van der Waals surface area contributed by atoms with E-state index >= 15 is 0 Å². The molecule has 0 bridgehead atoms. The van der Waals surface area contributed by atoms with Gasteiger partial charge in [-0.15, -0.1) is 0 Å². The highest BCUT2D eigenvalue weighted by molar-refractivity contribution is 8.14. The van der Waals surface area contributed by atoms with Gasteiger partial charge in [0.2, 0.25) is 0 Å². The van der Waals surface area contributed by atoms with Gasteiger partial charge in [-0.25, -0.2) is 4.99 Å². The molecule has 15 heavy (non-hydrogen) atoms. The summed E-state index contributed by atoms with van der Waals surface area (Å²) in [4.78, 5) is 4.29. The van der Waals surface area contributed by atoms with Crippen molar-refractivity contribution in [3.8, 4) is 0 Å². The third-order valence-electron chi connectivity index (χ3n) is 2.34. The number of amidine groups is 1. The van der Waals surface area contributed by atoms with Crippen molar-refractivity contribution in [2.45, 2.75) is 18.6 Å². The van der Waals surface area contributed by atoms with E-state index in [0.717, 1.165) is 12.1 Å². The van der Waals surface area contributed by atoms with E-state index in [9.17, 15) is 0 Å². The fourth-order valence-electron chi connectivity index (χ4n) is 1.55. The van der Waals surface area contributed by atoms with E-state index in [1.165, 1.54) is 5.56 Å². The molecule has 1 heterocycles. The Morgan fingerprint density at radius 1 is 1.33 bits per heavy atom. The van der Waals surface area contributed by atoms with Crippen LogP contribution in [-0.2, 0) is 0 Å². The maximum Gasteiger partial charge on any atom is 0.159 e. The summed E-state index contributed by atoms with van der Waals surface area (Å²) in [7, 11) is 0. The Kier molecular flexibility index (Phi) is 3.11. The first-order valence-electron chi connectivity index (χ1n) is 5.06. The molecule has 0 spiro atoms. The number of aliphatic imine (C=N–C) groups is 1. The topological polar surface area (TPSA) is 38.4 Å². The van der Waals surface area contributed by atoms with E-state index < -0.39 is 0 Å². The SMILES string of the molecule is CCC1=CC(c2ccccc2)SC(N)=N1. The van der Waals surface area contributed by atoms with Gasteiger partial charge in [0.15, 0.2) is 5.17 Å². The van der Waals surface area contributed by atoms with Gasteiger partial charge in [0.05, 0.1) is 5.25 Å². The van der Waals surface area contributed by atoms with Crippen LogP contribution in [0.25, 0.3) is 0 Å². The summed E-state index contributed by atoms with van der Waals surface area (Å²) in [6.07, 6.45) is 3.13. The molecule has 2 N–H and O–H groups in total. The number of hydrogen-bond donors (Lipinski definition) is 1. The highest BCUT2D eigenvalue weighted by atomic mass is 32.2. The molecule has 1 aromatic carbocycles. The minimum absolute atomic E-state index is 0.318. The number of benzene rings is 1. The van der Waals surface area contributed by atoms with Gasteiger partial charge >= 0.3 is 0 Å². The van der Waals surface area contributed by atoms with Crippen LogP contribution < -0.4 is 5.73 Å². The summed E-state index contributed by atoms with van der Waals surface area (Å²) < 4.78 is 0. The fraction of sp³-hybridized carbons (Fsp3) is 0.250. The van der Waals surface area contributed by atoms with Gasteiger partial charge in [0.1, 0.15) is 0 Å². The highest BCUT2D eigenvalue weighted by Crippen LogP contribution is 2.35. The summed E-state index contributed by atoms with van der Waals surface area (Å²) >= 11 is 1.61. The second-order valence-electron chi connectivity index (χ2n) is 3.41. The number of thioether (sulfide) groups is 1. The van der Waals surface area contributed by atoms with Gasteiger partial charge in [0, 0.05) is 5.70 Å². The van der Waals surface area contributed by atoms with E-state index in [2.05, 4.69) is 42.3 Å². The molecule has 0 aliphatic carbocycles. The van der Waals surface area contributed by atoms with E-state index in [1.54, 1.807) is 11.8 Å². The minimum Gasteiger partial charge on any atom is -0.378 e. The first-order chi connectivity index (χ1) is 7.29. The van der Waals surface area contributed by atoms with E-state index in [0.29, 0.717) is 10.4 Å². The Bertz CT molecular complexity index is 395. The Morgan fingerprint density at radius 2 is 2.07 bits per heavy atom. The second-order valence-corrected chi connectivity index (χ2v) is 4.57. The average Bonchev–Trinajstić information content (AvgIpc) is 2.29. The van der Waals surface area contributed by atoms with Gasteiger partial charge in [-0.1, -0.05) is 49.0 Å². The Hall–Kier alpha value is -1.22. The van der Waals surface area contributed by atoms with Crippen molar-refractivity contribution in [2.24, 2.45) is 10.7 Å². The molecular weight excluding hydrogens is 204 g/mol. The van der Waals surface area contributed by atoms with Crippen LogP contribution >= 0.6 is 11.8 Å². The maximum absolute atomic E-state index is 5.80. The summed E-state index contributed by atoms with van der Waals surface area (Å²) in [5.74, 6) is 0. The summed E-state index contributed by atoms with van der Waals surface area (Å²) in [6, 6.07) is 10.4. The van der Waals surface area contributed by atoms with Crippen molar-refractivity contribution in [3.63, 3.8) is 0 Å². The van der Waals surface area contributed by atoms with E-state index in [4.69, 9.17) is 5.73 Å². The molecule has 2 rings (SSSR count). The minimum atomic E-state index is 0.318. The number of nitrogens with zero attached hydrogens (tertiary/aromatic N) is 1. The quantitative estimate of drug-likeness (QED) is 0.828. The molecule has 3 heteroatoms. The highest BCUT2D eigenvalue weighted by Gasteiger charge is 2.16. The van der Waals surface area contributed by atoms with Crippen molar-refractivity contribution < 1.29 is 0 Å². The first-order valence-corrected chi connectivity index (χ1v) is 5.94. The fourth-order valence-corrected chi connectivity index (χ4v) is 2.50. The van der Waals surface area contributed by atoms with Gasteiger partial charge in [-0.2, -0.15) is 0 Å². The summed E-state index contributed by atoms with van der Waals surface area (Å²) in [5.41, 5.74) is 8.17. The molecule has 1 aliphatic heterocycles. The van der Waals surface area contributed by atoms with Gasteiger partial charge in [-0.3, -0.25) is 0 Å². The Morgan fingerprint density at radius 3 is 2.73 bits per heavy atom. The lowest BCUT2D eigenvalue weighted by atomic mass is 10.1. The molecule has 1 aliphatic rings. The third-order valence-corrected chi connectivity index (χ3v) is 3.33. The molecule has 1 atom stereocenters. The van der Waals surface area contributed by atoms with Crippen molar-refractivity contribution in [3.05, 3.63) is 47.7 Å². The zero-order chi connectivity index (χ0) is 10.7. The molecule has 1 aromatic rings. The van der Waals surface area contributed by atoms with Crippen LogP contribution in [0.3, 0.4) is 0 Å². The standard InChI is InChI=1S/C12H14N2S/c1-2-10-8-11(15-12(13)14-10)9-6-4-3-5-7-9/h3-8,11H,2H2,1H3,(H2,13,14). The summed E-state index contributed by atoms with van der Waals surface area (Å²) in [6.45, 7) is 2.10. The van der Waals surface area contributed by atoms with Crippen LogP contribution in [0.2, 0.25) is 0 Å². The molecule has 0 radical (unpaired) electrons. The van der Waals surface area contributed by atoms with Crippen molar-refractivity contribution in [1.82, 2.24) is 0 Å². The second kappa shape index (κ2) is 4.53. The molecule has 0 amide bonds. The van der Waals surface area contributed by atoms with E-state index in [1.807, 2.05) is 6.07 Å². The van der Waals surface area contributed by atoms with Crippen LogP contribution in [0, 0.1) is 0 Å². The van der Waals surface area contributed by atoms with Gasteiger partial charge in [-0.05, 0) is 18.1 Å². The molecule has 2 nitrogen and oxygen atoms in total. The van der Waals surface area contributed by atoms with Crippen LogP contribution in [0.15, 0.2) is 47.1 Å². The van der Waals surface area contributed by atoms with Crippen molar-refractivity contribution in [1.29, 1.82) is 0 Å².